The van der Waals surface area contributed by atoms with Crippen molar-refractivity contribution in [3.8, 4) is 11.1 Å². The molecule has 2 aliphatic carbocycles. The molecule has 2 aliphatic rings. The number of aliphatic carboxylic acids is 1. The predicted octanol–water partition coefficient (Wildman–Crippen LogP) is 3.69. The van der Waals surface area contributed by atoms with Crippen LogP contribution in [-0.4, -0.2) is 55.5 Å². The number of methoxy groups -OCH3 is 1. The van der Waals surface area contributed by atoms with Crippen LogP contribution in [0.3, 0.4) is 0 Å². The molecule has 0 aliphatic heterocycles. The van der Waals surface area contributed by atoms with Crippen molar-refractivity contribution in [2.24, 2.45) is 5.92 Å². The Morgan fingerprint density at radius 2 is 1.69 bits per heavy atom. The Labute approximate surface area is 205 Å². The number of carboxylic acid groups (broad SMARTS) is 1. The maximum Gasteiger partial charge on any atom is 0.407 e. The minimum Gasteiger partial charge on any atom is -0.480 e. The van der Waals surface area contributed by atoms with Crippen LogP contribution >= 0.6 is 0 Å². The second-order valence-electron chi connectivity index (χ2n) is 9.21. The van der Waals surface area contributed by atoms with Gasteiger partial charge in [0.15, 0.2) is 0 Å². The van der Waals surface area contributed by atoms with Gasteiger partial charge in [-0.3, -0.25) is 4.79 Å². The molecule has 0 heterocycles. The van der Waals surface area contributed by atoms with Crippen molar-refractivity contribution in [2.45, 2.75) is 50.1 Å². The number of carbonyl (C=O) groups excluding carboxylic acids is 2. The molecule has 0 spiro atoms. The Morgan fingerprint density at radius 3 is 2.31 bits per heavy atom. The van der Waals surface area contributed by atoms with E-state index >= 15 is 0 Å². The first-order chi connectivity index (χ1) is 17.0. The zero-order chi connectivity index (χ0) is 24.8. The van der Waals surface area contributed by atoms with Crippen molar-refractivity contribution in [2.75, 3.05) is 20.3 Å². The van der Waals surface area contributed by atoms with Crippen molar-refractivity contribution in [1.82, 2.24) is 10.6 Å². The van der Waals surface area contributed by atoms with E-state index in [-0.39, 0.29) is 49.8 Å². The number of nitrogens with one attached hydrogen (secondary N) is 2. The van der Waals surface area contributed by atoms with Crippen LogP contribution in [-0.2, 0) is 19.1 Å². The number of rotatable bonds is 10. The van der Waals surface area contributed by atoms with Gasteiger partial charge in [-0.1, -0.05) is 55.0 Å². The minimum atomic E-state index is -1.09. The minimum absolute atomic E-state index is 0.0154. The van der Waals surface area contributed by atoms with Gasteiger partial charge in [-0.25, -0.2) is 9.59 Å². The maximum absolute atomic E-state index is 12.7. The van der Waals surface area contributed by atoms with E-state index in [0.29, 0.717) is 0 Å². The number of amides is 2. The molecule has 2 aromatic rings. The number of ether oxygens (including phenoxy) is 2. The largest absolute Gasteiger partial charge is 0.480 e. The number of benzene rings is 2. The summed E-state index contributed by atoms with van der Waals surface area (Å²) in [6, 6.07) is 15.2. The van der Waals surface area contributed by atoms with Gasteiger partial charge in [0.2, 0.25) is 5.91 Å². The van der Waals surface area contributed by atoms with E-state index in [1.165, 1.54) is 18.2 Å². The average Bonchev–Trinajstić information content (AvgIpc) is 3.42. The van der Waals surface area contributed by atoms with E-state index in [1.807, 2.05) is 24.3 Å². The fraction of sp³-hybridized carbons (Fsp3) is 0.444. The smallest absolute Gasteiger partial charge is 0.407 e. The predicted molar refractivity (Wildman–Crippen MR) is 130 cm³/mol. The molecule has 186 valence electrons. The van der Waals surface area contributed by atoms with Crippen LogP contribution in [0.5, 0.6) is 0 Å². The topological polar surface area (TPSA) is 114 Å². The molecule has 0 saturated heterocycles. The molecule has 0 radical (unpaired) electrons. The van der Waals surface area contributed by atoms with E-state index in [1.54, 1.807) is 0 Å². The molecule has 1 saturated carbocycles. The van der Waals surface area contributed by atoms with Crippen LogP contribution in [0.25, 0.3) is 11.1 Å². The number of carbonyl (C=O) groups is 3. The summed E-state index contributed by atoms with van der Waals surface area (Å²) in [5.74, 6) is -1.50. The van der Waals surface area contributed by atoms with Crippen LogP contribution in [0.4, 0.5) is 4.79 Å². The fourth-order valence-corrected chi connectivity index (χ4v) is 5.25. The Kier molecular flexibility index (Phi) is 8.02. The summed E-state index contributed by atoms with van der Waals surface area (Å²) in [5, 5.41) is 14.8. The number of carboxylic acids is 1. The SMILES string of the molecule is COCCC(NC(=O)CC1CCCC1NC(=O)OCC1c2ccccc2-c2ccccc21)C(=O)O. The molecule has 8 heteroatoms. The summed E-state index contributed by atoms with van der Waals surface area (Å²) in [4.78, 5) is 36.5. The van der Waals surface area contributed by atoms with Gasteiger partial charge in [-0.2, -0.15) is 0 Å². The Bertz CT molecular complexity index is 1030. The lowest BCUT2D eigenvalue weighted by atomic mass is 9.98. The molecule has 1 fully saturated rings. The zero-order valence-corrected chi connectivity index (χ0v) is 19.9. The van der Waals surface area contributed by atoms with Gasteiger partial charge in [-0.05, 0) is 41.0 Å². The third kappa shape index (κ3) is 5.82. The van der Waals surface area contributed by atoms with Crippen LogP contribution < -0.4 is 10.6 Å². The second kappa shape index (κ2) is 11.4. The number of hydrogen-bond acceptors (Lipinski definition) is 5. The Balaban J connectivity index is 1.30. The van der Waals surface area contributed by atoms with Gasteiger partial charge in [-0.15, -0.1) is 0 Å². The van der Waals surface area contributed by atoms with E-state index < -0.39 is 18.1 Å². The third-order valence-corrected chi connectivity index (χ3v) is 7.00. The molecule has 0 bridgehead atoms. The molecule has 2 aromatic carbocycles. The molecular weight excluding hydrogens is 448 g/mol. The standard InChI is InChI=1S/C27H32N2O6/c1-34-14-13-24(26(31)32)28-25(30)15-17-7-6-12-23(17)29-27(33)35-16-22-20-10-4-2-8-18(20)19-9-3-5-11-21(19)22/h2-5,8-11,17,22-24H,6-7,12-16H2,1H3,(H,28,30)(H,29,33)(H,31,32). The Hall–Kier alpha value is -3.39. The van der Waals surface area contributed by atoms with Crippen molar-refractivity contribution >= 4 is 18.0 Å². The summed E-state index contributed by atoms with van der Waals surface area (Å²) in [5.41, 5.74) is 4.64. The van der Waals surface area contributed by atoms with Gasteiger partial charge in [0.05, 0.1) is 0 Å². The summed E-state index contributed by atoms with van der Waals surface area (Å²) >= 11 is 0. The summed E-state index contributed by atoms with van der Waals surface area (Å²) in [7, 11) is 1.48. The second-order valence-corrected chi connectivity index (χ2v) is 9.21. The van der Waals surface area contributed by atoms with Crippen LogP contribution in [0.1, 0.15) is 49.1 Å². The first-order valence-corrected chi connectivity index (χ1v) is 12.1. The van der Waals surface area contributed by atoms with Crippen LogP contribution in [0.15, 0.2) is 48.5 Å². The summed E-state index contributed by atoms with van der Waals surface area (Å²) < 4.78 is 10.6. The van der Waals surface area contributed by atoms with E-state index in [2.05, 4.69) is 34.9 Å². The highest BCUT2D eigenvalue weighted by molar-refractivity contribution is 5.83. The van der Waals surface area contributed by atoms with Gasteiger partial charge in [0, 0.05) is 38.5 Å². The van der Waals surface area contributed by atoms with Crippen molar-refractivity contribution in [3.05, 3.63) is 59.7 Å². The van der Waals surface area contributed by atoms with Gasteiger partial charge in [0.25, 0.3) is 0 Å². The molecule has 3 unspecified atom stereocenters. The molecule has 35 heavy (non-hydrogen) atoms. The normalized spacial score (nSPS) is 19.5. The lowest BCUT2D eigenvalue weighted by molar-refractivity contribution is -0.142. The third-order valence-electron chi connectivity index (χ3n) is 7.00. The summed E-state index contributed by atoms with van der Waals surface area (Å²) in [6.07, 6.45) is 2.30. The molecule has 3 N–H and O–H groups in total. The lowest BCUT2D eigenvalue weighted by Gasteiger charge is -2.22. The molecule has 2 amide bonds. The highest BCUT2D eigenvalue weighted by Gasteiger charge is 2.33. The Morgan fingerprint density at radius 1 is 1.03 bits per heavy atom. The van der Waals surface area contributed by atoms with Crippen LogP contribution in [0, 0.1) is 5.92 Å². The molecular formula is C27H32N2O6. The average molecular weight is 481 g/mol. The van der Waals surface area contributed by atoms with Crippen molar-refractivity contribution < 1.29 is 29.0 Å². The number of alkyl carbamates (subject to hydrolysis) is 1. The van der Waals surface area contributed by atoms with Crippen molar-refractivity contribution in [3.63, 3.8) is 0 Å². The lowest BCUT2D eigenvalue weighted by Crippen LogP contribution is -2.44. The van der Waals surface area contributed by atoms with E-state index in [0.717, 1.165) is 30.4 Å². The number of hydrogen-bond donors (Lipinski definition) is 3. The van der Waals surface area contributed by atoms with Crippen LogP contribution in [0.2, 0.25) is 0 Å². The van der Waals surface area contributed by atoms with E-state index in [9.17, 15) is 19.5 Å². The fourth-order valence-electron chi connectivity index (χ4n) is 5.25. The highest BCUT2D eigenvalue weighted by atomic mass is 16.5. The first kappa shape index (κ1) is 24.7. The first-order valence-electron chi connectivity index (χ1n) is 12.1. The van der Waals surface area contributed by atoms with Gasteiger partial charge in [0.1, 0.15) is 12.6 Å². The van der Waals surface area contributed by atoms with Gasteiger partial charge >= 0.3 is 12.1 Å². The maximum atomic E-state index is 12.7. The molecule has 3 atom stereocenters. The molecule has 0 aromatic heterocycles. The number of fused-ring (bicyclic) bond motifs is 3. The molecule has 4 rings (SSSR count). The summed E-state index contributed by atoms with van der Waals surface area (Å²) in [6.45, 7) is 0.476. The van der Waals surface area contributed by atoms with Gasteiger partial charge < -0.3 is 25.2 Å². The zero-order valence-electron chi connectivity index (χ0n) is 19.9. The quantitative estimate of drug-likeness (QED) is 0.478. The molecule has 8 nitrogen and oxygen atoms in total. The monoisotopic (exact) mass is 480 g/mol. The van der Waals surface area contributed by atoms with E-state index in [4.69, 9.17) is 9.47 Å². The highest BCUT2D eigenvalue weighted by Crippen LogP contribution is 2.44. The van der Waals surface area contributed by atoms with Crippen molar-refractivity contribution in [1.29, 1.82) is 0 Å².